The van der Waals surface area contributed by atoms with Gasteiger partial charge in [-0.15, -0.1) is 0 Å². The molecule has 0 aliphatic heterocycles. The first-order valence-electron chi connectivity index (χ1n) is 12.5. The third-order valence-corrected chi connectivity index (χ3v) is 7.40. The summed E-state index contributed by atoms with van der Waals surface area (Å²) in [4.78, 5) is 15.4. The van der Waals surface area contributed by atoms with Gasteiger partial charge >= 0.3 is 12.1 Å². The monoisotopic (exact) mass is 485 g/mol. The number of halogens is 3. The van der Waals surface area contributed by atoms with Crippen LogP contribution in [0.25, 0.3) is 10.9 Å². The van der Waals surface area contributed by atoms with Gasteiger partial charge in [0.25, 0.3) is 0 Å². The number of H-pyrrole nitrogens is 1. The molecule has 35 heavy (non-hydrogen) atoms. The molecule has 4 nitrogen and oxygen atoms in total. The summed E-state index contributed by atoms with van der Waals surface area (Å²) >= 11 is 0. The van der Waals surface area contributed by atoms with Crippen molar-refractivity contribution in [2.75, 3.05) is 6.61 Å². The third-order valence-electron chi connectivity index (χ3n) is 7.40. The van der Waals surface area contributed by atoms with Gasteiger partial charge in [-0.3, -0.25) is 4.79 Å². The van der Waals surface area contributed by atoms with Crippen LogP contribution in [-0.4, -0.2) is 17.6 Å². The van der Waals surface area contributed by atoms with Gasteiger partial charge in [0.2, 0.25) is 0 Å². The van der Waals surface area contributed by atoms with E-state index < -0.39 is 11.7 Å². The van der Waals surface area contributed by atoms with Crippen LogP contribution in [0.15, 0.2) is 36.4 Å². The summed E-state index contributed by atoms with van der Waals surface area (Å²) in [7, 11) is 0. The summed E-state index contributed by atoms with van der Waals surface area (Å²) in [6.07, 6.45) is 1.34. The fraction of sp³-hybridized carbons (Fsp3) is 0.464. The summed E-state index contributed by atoms with van der Waals surface area (Å²) in [5.74, 6) is 0.527. The zero-order valence-electron chi connectivity index (χ0n) is 19.8. The number of hydrogen-bond acceptors (Lipinski definition) is 3. The van der Waals surface area contributed by atoms with Crippen molar-refractivity contribution in [3.05, 3.63) is 64.3 Å². The molecular formula is C28H30F3NO3. The molecule has 0 spiro atoms. The highest BCUT2D eigenvalue weighted by atomic mass is 19.4. The Labute approximate surface area is 202 Å². The lowest BCUT2D eigenvalue weighted by Gasteiger charge is -2.19. The largest absolute Gasteiger partial charge is 0.489 e. The Morgan fingerprint density at radius 1 is 1.09 bits per heavy atom. The number of carbonyl (C=O) groups excluding carboxylic acids is 1. The number of benzene rings is 2. The first-order valence-corrected chi connectivity index (χ1v) is 12.5. The van der Waals surface area contributed by atoms with E-state index in [-0.39, 0.29) is 24.4 Å². The maximum atomic E-state index is 13.8. The molecule has 2 aliphatic rings. The fourth-order valence-corrected chi connectivity index (χ4v) is 5.74. The minimum absolute atomic E-state index is 0.00709. The molecule has 1 heterocycles. The molecular weight excluding hydrogens is 455 g/mol. The van der Waals surface area contributed by atoms with Crippen molar-refractivity contribution >= 4 is 16.9 Å². The van der Waals surface area contributed by atoms with Gasteiger partial charge in [-0.05, 0) is 79.5 Å². The predicted molar refractivity (Wildman–Crippen MR) is 128 cm³/mol. The summed E-state index contributed by atoms with van der Waals surface area (Å²) in [5, 5.41) is 1.04. The number of aromatic amines is 1. The molecule has 1 fully saturated rings. The van der Waals surface area contributed by atoms with Gasteiger partial charge in [0, 0.05) is 22.5 Å². The third kappa shape index (κ3) is 4.91. The predicted octanol–water partition coefficient (Wildman–Crippen LogP) is 7.41. The number of rotatable bonds is 7. The van der Waals surface area contributed by atoms with E-state index >= 15 is 0 Å². The van der Waals surface area contributed by atoms with Gasteiger partial charge in [0.05, 0.1) is 18.6 Å². The van der Waals surface area contributed by atoms with Crippen molar-refractivity contribution in [2.24, 2.45) is 0 Å². The Morgan fingerprint density at radius 2 is 1.89 bits per heavy atom. The number of carbonyl (C=O) groups is 1. The molecule has 5 rings (SSSR count). The van der Waals surface area contributed by atoms with E-state index in [1.165, 1.54) is 11.6 Å². The van der Waals surface area contributed by atoms with Crippen LogP contribution in [0.2, 0.25) is 0 Å². The molecule has 0 bridgehead atoms. The number of ether oxygens (including phenoxy) is 2. The second-order valence-electron chi connectivity index (χ2n) is 9.66. The number of alkyl halides is 3. The van der Waals surface area contributed by atoms with Crippen molar-refractivity contribution in [3.8, 4) is 5.75 Å². The molecule has 0 radical (unpaired) electrons. The Morgan fingerprint density at radius 3 is 2.63 bits per heavy atom. The van der Waals surface area contributed by atoms with Crippen molar-refractivity contribution < 1.29 is 27.4 Å². The van der Waals surface area contributed by atoms with E-state index in [9.17, 15) is 18.0 Å². The molecule has 186 valence electrons. The van der Waals surface area contributed by atoms with E-state index in [0.29, 0.717) is 29.9 Å². The van der Waals surface area contributed by atoms with E-state index in [2.05, 4.69) is 4.98 Å². The summed E-state index contributed by atoms with van der Waals surface area (Å²) in [6.45, 7) is 2.24. The quantitative estimate of drug-likeness (QED) is 0.355. The highest BCUT2D eigenvalue weighted by Gasteiger charge is 2.36. The van der Waals surface area contributed by atoms with E-state index in [4.69, 9.17) is 9.47 Å². The maximum absolute atomic E-state index is 13.8. The summed E-state index contributed by atoms with van der Waals surface area (Å²) < 4.78 is 52.4. The summed E-state index contributed by atoms with van der Waals surface area (Å²) in [6, 6.07) is 10.3. The van der Waals surface area contributed by atoms with Gasteiger partial charge in [-0.2, -0.15) is 13.2 Å². The van der Waals surface area contributed by atoms with Crippen LogP contribution in [0.1, 0.15) is 85.2 Å². The Hall–Kier alpha value is -2.96. The number of fused-ring (bicyclic) bond motifs is 3. The van der Waals surface area contributed by atoms with Crippen LogP contribution < -0.4 is 4.74 Å². The standard InChI is InChI=1S/C28H30F3NO3/c1-2-34-26(33)14-19-8-11-22-23-15-20(9-12-25(23)32-27(19)22)35-16-17-7-10-21(18-5-3-4-6-18)24(13-17)28(29,30)31/h7,9-10,12-13,15,18-19,32H,2-6,8,11,14,16H2,1H3/t19-/m1/s1. The van der Waals surface area contributed by atoms with Gasteiger partial charge in [0.15, 0.2) is 0 Å². The van der Waals surface area contributed by atoms with Gasteiger partial charge in [0.1, 0.15) is 12.4 Å². The number of aromatic nitrogens is 1. The molecule has 3 aromatic rings. The average Bonchev–Trinajstić information content (AvgIpc) is 3.55. The lowest BCUT2D eigenvalue weighted by molar-refractivity contribution is -0.143. The minimum atomic E-state index is -4.38. The maximum Gasteiger partial charge on any atom is 0.416 e. The van der Waals surface area contributed by atoms with Crippen LogP contribution in [0.4, 0.5) is 13.2 Å². The van der Waals surface area contributed by atoms with Gasteiger partial charge in [-0.1, -0.05) is 25.0 Å². The zero-order valence-corrected chi connectivity index (χ0v) is 19.8. The second-order valence-corrected chi connectivity index (χ2v) is 9.66. The van der Waals surface area contributed by atoms with Crippen LogP contribution in [-0.2, 0) is 28.7 Å². The van der Waals surface area contributed by atoms with Crippen LogP contribution in [0.5, 0.6) is 5.75 Å². The smallest absolute Gasteiger partial charge is 0.416 e. The molecule has 1 N–H and O–H groups in total. The number of esters is 1. The topological polar surface area (TPSA) is 51.3 Å². The molecule has 2 aromatic carbocycles. The molecule has 1 atom stereocenters. The molecule has 1 saturated carbocycles. The Kier molecular flexibility index (Phi) is 6.51. The summed E-state index contributed by atoms with van der Waals surface area (Å²) in [5.41, 5.74) is 3.61. The molecule has 1 aromatic heterocycles. The van der Waals surface area contributed by atoms with Gasteiger partial charge < -0.3 is 14.5 Å². The molecule has 0 saturated heterocycles. The van der Waals surface area contributed by atoms with Crippen molar-refractivity contribution in [3.63, 3.8) is 0 Å². The fourth-order valence-electron chi connectivity index (χ4n) is 5.74. The Bertz CT molecular complexity index is 1220. The number of aryl methyl sites for hydroxylation is 1. The van der Waals surface area contributed by atoms with E-state index in [1.54, 1.807) is 19.1 Å². The van der Waals surface area contributed by atoms with Crippen LogP contribution >= 0.6 is 0 Å². The number of hydrogen-bond donors (Lipinski definition) is 1. The van der Waals surface area contributed by atoms with Crippen molar-refractivity contribution in [1.29, 1.82) is 0 Å². The first kappa shape index (κ1) is 23.8. The Balaban J connectivity index is 1.33. The molecule has 7 heteroatoms. The SMILES string of the molecule is CCOC(=O)C[C@H]1CCc2c1[nH]c1ccc(OCc3ccc(C4CCCC4)c(C(F)(F)F)c3)cc21. The van der Waals surface area contributed by atoms with Gasteiger partial charge in [-0.25, -0.2) is 0 Å². The lowest BCUT2D eigenvalue weighted by atomic mass is 9.91. The van der Waals surface area contributed by atoms with Crippen LogP contribution in [0, 0.1) is 0 Å². The highest BCUT2D eigenvalue weighted by molar-refractivity contribution is 5.87. The second kappa shape index (κ2) is 9.59. The molecule has 0 unspecified atom stereocenters. The average molecular weight is 486 g/mol. The molecule has 0 amide bonds. The molecule has 2 aliphatic carbocycles. The lowest BCUT2D eigenvalue weighted by Crippen LogP contribution is -2.12. The number of nitrogens with one attached hydrogen (secondary N) is 1. The zero-order chi connectivity index (χ0) is 24.6. The highest BCUT2D eigenvalue weighted by Crippen LogP contribution is 2.43. The van der Waals surface area contributed by atoms with E-state index in [1.807, 2.05) is 18.2 Å². The minimum Gasteiger partial charge on any atom is -0.489 e. The van der Waals surface area contributed by atoms with E-state index in [0.717, 1.165) is 55.1 Å². The van der Waals surface area contributed by atoms with Crippen molar-refractivity contribution in [2.45, 2.75) is 76.5 Å². The first-order chi connectivity index (χ1) is 16.8. The normalized spacial score (nSPS) is 18.2. The van der Waals surface area contributed by atoms with Crippen LogP contribution in [0.3, 0.4) is 0 Å². The van der Waals surface area contributed by atoms with Crippen molar-refractivity contribution in [1.82, 2.24) is 4.98 Å².